The second-order valence-corrected chi connectivity index (χ2v) is 20.2. The Balaban J connectivity index is 1.29. The largest absolute Gasteiger partial charge is 0.481 e. The third kappa shape index (κ3) is 8.80. The fourth-order valence-electron chi connectivity index (χ4n) is 10.2. The van der Waals surface area contributed by atoms with Gasteiger partial charge in [-0.1, -0.05) is 97.8 Å². The number of carboxylic acids is 1. The van der Waals surface area contributed by atoms with Crippen LogP contribution in [0.1, 0.15) is 70.1 Å². The molecule has 0 fully saturated rings. The van der Waals surface area contributed by atoms with Crippen LogP contribution in [-0.2, 0) is 35.1 Å². The van der Waals surface area contributed by atoms with Crippen molar-refractivity contribution in [3.05, 3.63) is 155 Å². The van der Waals surface area contributed by atoms with Crippen molar-refractivity contribution in [1.82, 2.24) is 0 Å². The average molecular weight is 901 g/mol. The number of nitrogen functional groups attached to an aromatic ring is 1. The minimum absolute atomic E-state index is 0.206. The second-order valence-electron chi connectivity index (χ2n) is 17.8. The molecule has 0 amide bonds. The van der Waals surface area contributed by atoms with Crippen LogP contribution in [0.4, 0.5) is 17.1 Å². The molecule has 8 rings (SSSR count). The van der Waals surface area contributed by atoms with Gasteiger partial charge in [0, 0.05) is 71.0 Å². The highest BCUT2D eigenvalue weighted by Gasteiger charge is 2.46. The summed E-state index contributed by atoms with van der Waals surface area (Å²) in [5.41, 5.74) is 15.9. The lowest BCUT2D eigenvalue weighted by Gasteiger charge is -2.29. The summed E-state index contributed by atoms with van der Waals surface area (Å²) in [6.45, 7) is 9.79. The van der Waals surface area contributed by atoms with Crippen LogP contribution in [-0.4, -0.2) is 64.2 Å². The lowest BCUT2D eigenvalue weighted by Crippen LogP contribution is -2.28. The van der Waals surface area contributed by atoms with Crippen molar-refractivity contribution < 1.29 is 42.1 Å². The Morgan fingerprint density at radius 3 is 2.20 bits per heavy atom. The minimum Gasteiger partial charge on any atom is -0.481 e. The number of allylic oxidation sites excluding steroid dienone is 8. The zero-order chi connectivity index (χ0) is 45.4. The monoisotopic (exact) mass is 900 g/mol. The van der Waals surface area contributed by atoms with Crippen molar-refractivity contribution in [3.63, 3.8) is 0 Å². The van der Waals surface area contributed by atoms with Gasteiger partial charge >= 0.3 is 5.97 Å². The number of fused-ring (bicyclic) bond motifs is 6. The molecular weight excluding hydrogens is 847 g/mol. The van der Waals surface area contributed by atoms with E-state index in [0.717, 1.165) is 85.3 Å². The molecule has 11 nitrogen and oxygen atoms in total. The lowest BCUT2D eigenvalue weighted by atomic mass is 9.76. The number of benzene rings is 5. The van der Waals surface area contributed by atoms with Crippen molar-refractivity contribution in [1.29, 1.82) is 0 Å². The molecule has 0 bridgehead atoms. The van der Waals surface area contributed by atoms with E-state index in [1.54, 1.807) is 0 Å². The molecule has 0 radical (unpaired) electrons. The molecule has 64 heavy (non-hydrogen) atoms. The number of carbonyl (C=O) groups is 1. The van der Waals surface area contributed by atoms with E-state index in [1.165, 1.54) is 10.9 Å². The first-order chi connectivity index (χ1) is 30.6. The number of hydrogen-bond acceptors (Lipinski definition) is 9. The topological polar surface area (TPSA) is 163 Å². The maximum Gasteiger partial charge on any atom is 0.307 e. The molecule has 1 unspecified atom stereocenters. The summed E-state index contributed by atoms with van der Waals surface area (Å²) in [4.78, 5) is 15.2. The normalized spacial score (nSPS) is 19.5. The van der Waals surface area contributed by atoms with E-state index in [4.69, 9.17) is 11.0 Å². The predicted octanol–water partition coefficient (Wildman–Crippen LogP) is 10.8. The van der Waals surface area contributed by atoms with Gasteiger partial charge in [0.15, 0.2) is 5.71 Å². The van der Waals surface area contributed by atoms with Gasteiger partial charge in [-0.3, -0.25) is 9.35 Å². The third-order valence-corrected chi connectivity index (χ3v) is 14.4. The van der Waals surface area contributed by atoms with E-state index in [9.17, 15) is 22.9 Å². The summed E-state index contributed by atoms with van der Waals surface area (Å²) in [6, 6.07) is 32.8. The average Bonchev–Trinajstić information content (AvgIpc) is 3.62. The highest BCUT2D eigenvalue weighted by molar-refractivity contribution is 7.94. The number of anilines is 2. The van der Waals surface area contributed by atoms with E-state index >= 15 is 0 Å². The molecule has 0 saturated heterocycles. The van der Waals surface area contributed by atoms with E-state index in [0.29, 0.717) is 31.0 Å². The SMILES string of the molecule is CC1(C)C(/C=C/C2=C(c3ccc(N)cc3)C(=C/C=C3/N(CCCS(=O)(=O)O)c4ccc5ccccc5c4C3(C)C)/CC(C(=O)O)C2)=[N+](CCCSOOO)c2ccc3ccccc3c21. The fraction of sp³-hybridized carbons (Fsp3) is 0.294. The highest BCUT2D eigenvalue weighted by Crippen LogP contribution is 2.51. The Bertz CT molecular complexity index is 2910. The first-order valence-corrected chi connectivity index (χ1v) is 24.1. The molecule has 332 valence electrons. The van der Waals surface area contributed by atoms with Crippen LogP contribution in [0.5, 0.6) is 0 Å². The van der Waals surface area contributed by atoms with Gasteiger partial charge in [-0.05, 0) is 113 Å². The molecular formula is C51H54N3O8S2+. The summed E-state index contributed by atoms with van der Waals surface area (Å²) in [5, 5.41) is 27.7. The first-order valence-electron chi connectivity index (χ1n) is 21.5. The molecule has 5 N–H and O–H groups in total. The van der Waals surface area contributed by atoms with E-state index < -0.39 is 32.8 Å². The zero-order valence-electron chi connectivity index (χ0n) is 36.5. The van der Waals surface area contributed by atoms with Gasteiger partial charge in [-0.15, -0.1) is 4.33 Å². The van der Waals surface area contributed by atoms with Gasteiger partial charge in [-0.25, -0.2) is 5.26 Å². The molecule has 5 aromatic rings. The minimum atomic E-state index is -4.18. The third-order valence-electron chi connectivity index (χ3n) is 13.0. The Hall–Kier alpha value is -5.54. The Morgan fingerprint density at radius 2 is 1.53 bits per heavy atom. The molecule has 2 aliphatic heterocycles. The van der Waals surface area contributed by atoms with Crippen LogP contribution in [0.3, 0.4) is 0 Å². The summed E-state index contributed by atoms with van der Waals surface area (Å²) in [7, 11) is -4.18. The summed E-state index contributed by atoms with van der Waals surface area (Å²) < 4.78 is 40.5. The number of nitrogens with zero attached hydrogens (tertiary/aromatic N) is 2. The first kappa shape index (κ1) is 45.0. The molecule has 0 saturated carbocycles. The van der Waals surface area contributed by atoms with Crippen molar-refractivity contribution >= 4 is 78.0 Å². The smallest absolute Gasteiger partial charge is 0.307 e. The van der Waals surface area contributed by atoms with Gasteiger partial charge in [0.05, 0.1) is 17.1 Å². The van der Waals surface area contributed by atoms with E-state index in [1.807, 2.05) is 48.5 Å². The number of carboxylic acid groups (broad SMARTS) is 1. The van der Waals surface area contributed by atoms with Gasteiger partial charge in [0.1, 0.15) is 6.54 Å². The van der Waals surface area contributed by atoms with Crippen LogP contribution >= 0.6 is 12.0 Å². The number of nitrogens with two attached hydrogens (primary N) is 1. The maximum absolute atomic E-state index is 13.1. The molecule has 0 spiro atoms. The van der Waals surface area contributed by atoms with Crippen LogP contribution in [0.2, 0.25) is 0 Å². The van der Waals surface area contributed by atoms with Crippen LogP contribution < -0.4 is 10.6 Å². The molecule has 5 aromatic carbocycles. The number of rotatable bonds is 15. The van der Waals surface area contributed by atoms with Crippen molar-refractivity contribution in [3.8, 4) is 0 Å². The fourth-order valence-corrected chi connectivity index (χ4v) is 11.0. The number of aliphatic carboxylic acids is 1. The summed E-state index contributed by atoms with van der Waals surface area (Å²) in [6.07, 6.45) is 9.90. The van der Waals surface area contributed by atoms with Gasteiger partial charge in [0.2, 0.25) is 5.69 Å². The summed E-state index contributed by atoms with van der Waals surface area (Å²) >= 11 is 1.03. The Kier molecular flexibility index (Phi) is 12.8. The van der Waals surface area contributed by atoms with Crippen LogP contribution in [0.15, 0.2) is 138 Å². The van der Waals surface area contributed by atoms with E-state index in [-0.39, 0.29) is 18.6 Å². The van der Waals surface area contributed by atoms with Crippen molar-refractivity contribution in [2.45, 2.75) is 64.2 Å². The molecule has 13 heteroatoms. The van der Waals surface area contributed by atoms with E-state index in [2.05, 4.69) is 119 Å². The second kappa shape index (κ2) is 18.1. The molecule has 1 aliphatic carbocycles. The maximum atomic E-state index is 13.1. The molecule has 1 atom stereocenters. The van der Waals surface area contributed by atoms with Crippen molar-refractivity contribution in [2.24, 2.45) is 5.92 Å². The predicted molar refractivity (Wildman–Crippen MR) is 257 cm³/mol. The van der Waals surface area contributed by atoms with Crippen LogP contribution in [0, 0.1) is 5.92 Å². The Labute approximate surface area is 378 Å². The molecule has 2 heterocycles. The standard InChI is InChI=1S/C51H53N3O8S2/c1-50(2)44(53(27-9-29-63-62-61-57)42-23-17-33-11-5-7-13-40(33)47(42)50)25-19-36-31-38(49(55)56)32-37(46(36)35-15-21-39(52)22-16-35)20-26-45-51(3,4)48-41-14-8-6-12-34(41)18-24-43(48)54(45)28-10-30-64(58,59)60/h5-8,11-26,38,52H,9-10,27-32H2,1-4H3,(H3,55,56,57,58,59,60)/p+1/b37-20+,45-26+. The highest BCUT2D eigenvalue weighted by atomic mass is 32.2. The van der Waals surface area contributed by atoms with Crippen molar-refractivity contribution in [2.75, 3.05) is 35.2 Å². The van der Waals surface area contributed by atoms with Gasteiger partial charge in [0.25, 0.3) is 10.1 Å². The molecule has 3 aliphatic rings. The quantitative estimate of drug-likeness (QED) is 0.0150. The lowest BCUT2D eigenvalue weighted by molar-refractivity contribution is -0.438. The molecule has 0 aromatic heterocycles. The van der Waals surface area contributed by atoms with Crippen LogP contribution in [0.25, 0.3) is 27.1 Å². The summed E-state index contributed by atoms with van der Waals surface area (Å²) in [5.74, 6) is -1.38. The van der Waals surface area contributed by atoms with Gasteiger partial charge in [-0.2, -0.15) is 13.0 Å². The number of hydrogen-bond donors (Lipinski definition) is 4. The Morgan fingerprint density at radius 1 is 0.859 bits per heavy atom. The zero-order valence-corrected chi connectivity index (χ0v) is 38.1. The van der Waals surface area contributed by atoms with Gasteiger partial charge < -0.3 is 15.7 Å².